The second-order valence-electron chi connectivity index (χ2n) is 8.05. The first-order chi connectivity index (χ1) is 15.3. The average Bonchev–Trinajstić information content (AvgIpc) is 3.40. The van der Waals surface area contributed by atoms with E-state index < -0.39 is 50.9 Å². The minimum absolute atomic E-state index is 0.0769. The van der Waals surface area contributed by atoms with Crippen LogP contribution in [0.3, 0.4) is 0 Å². The molecule has 8 nitrogen and oxygen atoms in total. The molecule has 1 saturated heterocycles. The number of ether oxygens (including phenoxy) is 1. The molecule has 168 valence electrons. The number of halogens is 3. The Morgan fingerprint density at radius 1 is 1.34 bits per heavy atom. The van der Waals surface area contributed by atoms with Crippen molar-refractivity contribution in [2.75, 3.05) is 13.2 Å². The van der Waals surface area contributed by atoms with Gasteiger partial charge in [0.25, 0.3) is 11.8 Å². The quantitative estimate of drug-likeness (QED) is 0.678. The van der Waals surface area contributed by atoms with Crippen molar-refractivity contribution in [2.24, 2.45) is 0 Å². The Hall–Kier alpha value is -2.98. The standard InChI is InChI=1S/C21H18ClF2N3O5/c22-14-12(23)4-3-10(15(14)24)8-25-19(30)11-9-26-13-2-1-5-21(13)27(6-7-32-21)20(31)16(26)18(29)17(11)28/h3-4,9,13,29H,1-2,5-8H2,(H,25,30)/t13-,21-/m1/s1. The van der Waals surface area contributed by atoms with Crippen LogP contribution in [0.4, 0.5) is 8.78 Å². The van der Waals surface area contributed by atoms with Crippen LogP contribution in [0, 0.1) is 11.6 Å². The molecule has 3 aliphatic rings. The van der Waals surface area contributed by atoms with Crippen molar-refractivity contribution >= 4 is 23.4 Å². The van der Waals surface area contributed by atoms with E-state index in [1.807, 2.05) is 0 Å². The number of carbonyl (C=O) groups is 2. The van der Waals surface area contributed by atoms with Gasteiger partial charge in [-0.25, -0.2) is 8.78 Å². The van der Waals surface area contributed by atoms with Crippen LogP contribution in [-0.4, -0.2) is 45.3 Å². The van der Waals surface area contributed by atoms with E-state index in [0.717, 1.165) is 18.6 Å². The number of amides is 2. The largest absolute Gasteiger partial charge is 0.503 e. The Balaban J connectivity index is 1.51. The molecule has 1 aromatic carbocycles. The number of aromatic hydroxyl groups is 1. The Morgan fingerprint density at radius 2 is 2.12 bits per heavy atom. The lowest BCUT2D eigenvalue weighted by molar-refractivity contribution is -0.0987. The fraction of sp³-hybridized carbons (Fsp3) is 0.381. The average molecular weight is 466 g/mol. The van der Waals surface area contributed by atoms with Crippen molar-refractivity contribution in [1.29, 1.82) is 0 Å². The smallest absolute Gasteiger partial charge is 0.276 e. The molecule has 0 bridgehead atoms. The summed E-state index contributed by atoms with van der Waals surface area (Å²) in [6.45, 7) is 0.341. The van der Waals surface area contributed by atoms with Gasteiger partial charge < -0.3 is 24.6 Å². The number of aromatic nitrogens is 1. The molecule has 2 fully saturated rings. The van der Waals surface area contributed by atoms with Gasteiger partial charge in [0.1, 0.15) is 22.2 Å². The predicted molar refractivity (Wildman–Crippen MR) is 108 cm³/mol. The first-order valence-corrected chi connectivity index (χ1v) is 10.5. The zero-order chi connectivity index (χ0) is 22.8. The molecule has 5 rings (SSSR count). The van der Waals surface area contributed by atoms with Crippen molar-refractivity contribution in [2.45, 2.75) is 37.6 Å². The van der Waals surface area contributed by atoms with Crippen LogP contribution < -0.4 is 10.7 Å². The van der Waals surface area contributed by atoms with Gasteiger partial charge in [0.2, 0.25) is 5.43 Å². The molecule has 1 aromatic heterocycles. The number of fused-ring (bicyclic) bond motifs is 2. The summed E-state index contributed by atoms with van der Waals surface area (Å²) < 4.78 is 34.9. The highest BCUT2D eigenvalue weighted by Gasteiger charge is 2.58. The molecular formula is C21H18ClF2N3O5. The first kappa shape index (κ1) is 20.9. The number of benzene rings is 1. The number of carbonyl (C=O) groups excluding carboxylic acids is 2. The van der Waals surface area contributed by atoms with Crippen molar-refractivity contribution < 1.29 is 28.2 Å². The fourth-order valence-corrected chi connectivity index (χ4v) is 5.16. The van der Waals surface area contributed by atoms with Crippen LogP contribution in [-0.2, 0) is 11.3 Å². The van der Waals surface area contributed by atoms with E-state index in [-0.39, 0.29) is 23.8 Å². The van der Waals surface area contributed by atoms with Crippen LogP contribution in [0.15, 0.2) is 23.1 Å². The van der Waals surface area contributed by atoms with E-state index in [1.165, 1.54) is 10.8 Å². The summed E-state index contributed by atoms with van der Waals surface area (Å²) in [5.41, 5.74) is -2.51. The Morgan fingerprint density at radius 3 is 2.91 bits per heavy atom. The number of hydrogen-bond donors (Lipinski definition) is 2. The SMILES string of the molecule is O=C(NCc1ccc(F)c(Cl)c1F)c1cn2c(c(O)c1=O)C(=O)N1CCO[C@@]13CCC[C@@H]23. The maximum Gasteiger partial charge on any atom is 0.276 e. The lowest BCUT2D eigenvalue weighted by Crippen LogP contribution is -2.56. The van der Waals surface area contributed by atoms with Crippen LogP contribution in [0.1, 0.15) is 51.7 Å². The van der Waals surface area contributed by atoms with Crippen LogP contribution in [0.5, 0.6) is 5.75 Å². The first-order valence-electron chi connectivity index (χ1n) is 10.1. The monoisotopic (exact) mass is 465 g/mol. The highest BCUT2D eigenvalue weighted by Crippen LogP contribution is 2.51. The lowest BCUT2D eigenvalue weighted by atomic mass is 9.99. The number of rotatable bonds is 3. The zero-order valence-corrected chi connectivity index (χ0v) is 17.4. The second-order valence-corrected chi connectivity index (χ2v) is 8.43. The maximum atomic E-state index is 14.1. The molecule has 2 amide bonds. The van der Waals surface area contributed by atoms with Gasteiger partial charge in [0.15, 0.2) is 17.2 Å². The highest BCUT2D eigenvalue weighted by atomic mass is 35.5. The molecule has 3 heterocycles. The topological polar surface area (TPSA) is 101 Å². The predicted octanol–water partition coefficient (Wildman–Crippen LogP) is 2.32. The van der Waals surface area contributed by atoms with Gasteiger partial charge in [-0.15, -0.1) is 0 Å². The van der Waals surface area contributed by atoms with Gasteiger partial charge >= 0.3 is 0 Å². The molecule has 32 heavy (non-hydrogen) atoms. The van der Waals surface area contributed by atoms with E-state index in [9.17, 15) is 28.3 Å². The third-order valence-electron chi connectivity index (χ3n) is 6.45. The van der Waals surface area contributed by atoms with Gasteiger partial charge in [-0.1, -0.05) is 17.7 Å². The molecule has 1 aliphatic carbocycles. The van der Waals surface area contributed by atoms with E-state index in [2.05, 4.69) is 5.32 Å². The molecule has 2 N–H and O–H groups in total. The maximum absolute atomic E-state index is 14.1. The van der Waals surface area contributed by atoms with Crippen molar-refractivity contribution in [3.05, 3.63) is 62.0 Å². The van der Waals surface area contributed by atoms with E-state index >= 15 is 0 Å². The molecular weight excluding hydrogens is 448 g/mol. The summed E-state index contributed by atoms with van der Waals surface area (Å²) in [5.74, 6) is -4.17. The third kappa shape index (κ3) is 2.79. The summed E-state index contributed by atoms with van der Waals surface area (Å²) in [5, 5.41) is 12.2. The van der Waals surface area contributed by atoms with Crippen LogP contribution >= 0.6 is 11.6 Å². The molecule has 1 saturated carbocycles. The van der Waals surface area contributed by atoms with Crippen molar-refractivity contribution in [3.63, 3.8) is 0 Å². The normalized spacial score (nSPS) is 23.7. The summed E-state index contributed by atoms with van der Waals surface area (Å²) in [4.78, 5) is 40.1. The molecule has 11 heteroatoms. The summed E-state index contributed by atoms with van der Waals surface area (Å²) in [7, 11) is 0. The molecule has 2 aromatic rings. The molecule has 1 spiro atoms. The van der Waals surface area contributed by atoms with Crippen molar-refractivity contribution in [1.82, 2.24) is 14.8 Å². The summed E-state index contributed by atoms with van der Waals surface area (Å²) in [6, 6.07) is 1.73. The number of pyridine rings is 1. The molecule has 2 atom stereocenters. The zero-order valence-electron chi connectivity index (χ0n) is 16.7. The van der Waals surface area contributed by atoms with Gasteiger partial charge in [-0.3, -0.25) is 14.4 Å². The van der Waals surface area contributed by atoms with Crippen LogP contribution in [0.25, 0.3) is 0 Å². The van der Waals surface area contributed by atoms with Crippen LogP contribution in [0.2, 0.25) is 5.02 Å². The summed E-state index contributed by atoms with van der Waals surface area (Å²) in [6.07, 6.45) is 3.27. The van der Waals surface area contributed by atoms with E-state index in [0.29, 0.717) is 26.0 Å². The Labute approximate surface area is 185 Å². The van der Waals surface area contributed by atoms with E-state index in [4.69, 9.17) is 16.3 Å². The second kappa shape index (κ2) is 7.28. The number of hydrogen-bond acceptors (Lipinski definition) is 5. The fourth-order valence-electron chi connectivity index (χ4n) is 4.97. The third-order valence-corrected chi connectivity index (χ3v) is 6.80. The number of nitrogens with one attached hydrogen (secondary N) is 1. The summed E-state index contributed by atoms with van der Waals surface area (Å²) >= 11 is 5.55. The minimum atomic E-state index is -1.02. The lowest BCUT2D eigenvalue weighted by Gasteiger charge is -2.44. The minimum Gasteiger partial charge on any atom is -0.503 e. The molecule has 0 radical (unpaired) electrons. The molecule has 0 unspecified atom stereocenters. The highest BCUT2D eigenvalue weighted by molar-refractivity contribution is 6.30. The van der Waals surface area contributed by atoms with Gasteiger partial charge in [0, 0.05) is 24.8 Å². The van der Waals surface area contributed by atoms with Gasteiger partial charge in [0.05, 0.1) is 12.6 Å². The van der Waals surface area contributed by atoms with Gasteiger partial charge in [-0.05, 0) is 25.3 Å². The van der Waals surface area contributed by atoms with Crippen molar-refractivity contribution in [3.8, 4) is 5.75 Å². The molecule has 2 aliphatic heterocycles. The number of nitrogens with zero attached hydrogens (tertiary/aromatic N) is 2. The van der Waals surface area contributed by atoms with Gasteiger partial charge in [-0.2, -0.15) is 0 Å². The Kier molecular flexibility index (Phi) is 4.75. The van der Waals surface area contributed by atoms with E-state index in [1.54, 1.807) is 4.90 Å². The Bertz CT molecular complexity index is 1230.